The van der Waals surface area contributed by atoms with Crippen LogP contribution < -0.4 is 5.32 Å². The van der Waals surface area contributed by atoms with Crippen LogP contribution in [0.1, 0.15) is 39.9 Å². The van der Waals surface area contributed by atoms with Gasteiger partial charge in [-0.1, -0.05) is 6.92 Å². The summed E-state index contributed by atoms with van der Waals surface area (Å²) >= 11 is 1.47. The number of nitrogens with one attached hydrogen (secondary N) is 1. The van der Waals surface area contributed by atoms with Gasteiger partial charge in [0.1, 0.15) is 10.8 Å². The second kappa shape index (κ2) is 7.05. The summed E-state index contributed by atoms with van der Waals surface area (Å²) in [6.07, 6.45) is 7.34. The normalized spacial score (nSPS) is 16.8. The fourth-order valence-electron chi connectivity index (χ4n) is 2.85. The van der Waals surface area contributed by atoms with Crippen LogP contribution in [0.4, 0.5) is 5.00 Å². The van der Waals surface area contributed by atoms with Crippen LogP contribution in [0.5, 0.6) is 0 Å². The van der Waals surface area contributed by atoms with E-state index in [-0.39, 0.29) is 5.91 Å². The third kappa shape index (κ3) is 3.43. The van der Waals surface area contributed by atoms with Crippen molar-refractivity contribution in [1.29, 1.82) is 0 Å². The number of methoxy groups -OCH3 is 1. The molecule has 126 valence electrons. The van der Waals surface area contributed by atoms with Crippen molar-refractivity contribution in [1.82, 2.24) is 0 Å². The van der Waals surface area contributed by atoms with Crippen LogP contribution in [-0.2, 0) is 22.4 Å². The van der Waals surface area contributed by atoms with Gasteiger partial charge in [-0.2, -0.15) is 0 Å². The summed E-state index contributed by atoms with van der Waals surface area (Å²) in [6.45, 7) is 2.20. The first kappa shape index (κ1) is 16.5. The molecule has 0 aliphatic heterocycles. The largest absolute Gasteiger partial charge is 0.465 e. The highest BCUT2D eigenvalue weighted by Crippen LogP contribution is 2.40. The molecule has 0 bridgehead atoms. The number of fused-ring (bicyclic) bond motifs is 1. The molecule has 2 aromatic heterocycles. The molecule has 0 radical (unpaired) electrons. The monoisotopic (exact) mass is 345 g/mol. The lowest BCUT2D eigenvalue weighted by Gasteiger charge is -2.18. The van der Waals surface area contributed by atoms with Crippen LogP contribution in [0.25, 0.3) is 6.08 Å². The molecule has 0 aromatic carbocycles. The van der Waals surface area contributed by atoms with E-state index in [1.54, 1.807) is 24.5 Å². The van der Waals surface area contributed by atoms with E-state index in [9.17, 15) is 9.59 Å². The highest BCUT2D eigenvalue weighted by molar-refractivity contribution is 7.17. The molecule has 0 saturated heterocycles. The SMILES string of the molecule is COC(=O)c1c(NC(=O)/C=C/c2ccco2)sc2c1CC[C@H](C)C2. The van der Waals surface area contributed by atoms with E-state index in [0.29, 0.717) is 22.2 Å². The van der Waals surface area contributed by atoms with Crippen LogP contribution in [0, 0.1) is 5.92 Å². The number of hydrogen-bond donors (Lipinski definition) is 1. The molecule has 1 N–H and O–H groups in total. The van der Waals surface area contributed by atoms with Crippen LogP contribution in [0.2, 0.25) is 0 Å². The molecule has 1 amide bonds. The molecule has 2 aromatic rings. The van der Waals surface area contributed by atoms with Crippen LogP contribution in [0.15, 0.2) is 28.9 Å². The third-order valence-electron chi connectivity index (χ3n) is 4.08. The van der Waals surface area contributed by atoms with E-state index >= 15 is 0 Å². The van der Waals surface area contributed by atoms with Crippen molar-refractivity contribution in [3.05, 3.63) is 46.2 Å². The Hall–Kier alpha value is -2.34. The lowest BCUT2D eigenvalue weighted by atomic mass is 9.88. The molecular formula is C18H19NO4S. The second-order valence-electron chi connectivity index (χ2n) is 5.89. The van der Waals surface area contributed by atoms with E-state index in [4.69, 9.17) is 9.15 Å². The first-order chi connectivity index (χ1) is 11.6. The number of carbonyl (C=O) groups is 2. The van der Waals surface area contributed by atoms with Gasteiger partial charge in [-0.05, 0) is 49.0 Å². The maximum atomic E-state index is 12.2. The minimum atomic E-state index is -0.396. The number of anilines is 1. The number of furan rings is 1. The lowest BCUT2D eigenvalue weighted by Crippen LogP contribution is -2.14. The Morgan fingerprint density at radius 1 is 1.46 bits per heavy atom. The fraction of sp³-hybridized carbons (Fsp3) is 0.333. The van der Waals surface area contributed by atoms with Gasteiger partial charge >= 0.3 is 5.97 Å². The summed E-state index contributed by atoms with van der Waals surface area (Å²) in [7, 11) is 1.36. The molecule has 0 unspecified atom stereocenters. The molecule has 1 aliphatic rings. The van der Waals surface area contributed by atoms with Crippen LogP contribution in [-0.4, -0.2) is 19.0 Å². The smallest absolute Gasteiger partial charge is 0.341 e. The van der Waals surface area contributed by atoms with Gasteiger partial charge in [-0.3, -0.25) is 4.79 Å². The molecule has 1 aliphatic carbocycles. The van der Waals surface area contributed by atoms with Crippen molar-refractivity contribution in [2.45, 2.75) is 26.2 Å². The van der Waals surface area contributed by atoms with Crippen molar-refractivity contribution in [2.24, 2.45) is 5.92 Å². The van der Waals surface area contributed by atoms with Gasteiger partial charge in [0.2, 0.25) is 5.91 Å². The highest BCUT2D eigenvalue weighted by atomic mass is 32.1. The number of amides is 1. The molecule has 5 nitrogen and oxygen atoms in total. The molecule has 24 heavy (non-hydrogen) atoms. The lowest BCUT2D eigenvalue weighted by molar-refractivity contribution is -0.111. The number of rotatable bonds is 4. The summed E-state index contributed by atoms with van der Waals surface area (Å²) in [5.74, 6) is 0.484. The highest BCUT2D eigenvalue weighted by Gasteiger charge is 2.28. The molecule has 6 heteroatoms. The van der Waals surface area contributed by atoms with E-state index in [0.717, 1.165) is 24.8 Å². The fourth-order valence-corrected chi connectivity index (χ4v) is 4.26. The molecule has 3 rings (SSSR count). The van der Waals surface area contributed by atoms with Gasteiger partial charge in [0, 0.05) is 11.0 Å². The van der Waals surface area contributed by atoms with Crippen LogP contribution >= 0.6 is 11.3 Å². The summed E-state index contributed by atoms with van der Waals surface area (Å²) in [5, 5.41) is 3.38. The maximum Gasteiger partial charge on any atom is 0.341 e. The van der Waals surface area contributed by atoms with Gasteiger partial charge in [0.05, 0.1) is 18.9 Å². The third-order valence-corrected chi connectivity index (χ3v) is 5.25. The average Bonchev–Trinajstić information content (AvgIpc) is 3.19. The second-order valence-corrected chi connectivity index (χ2v) is 6.99. The zero-order valence-electron chi connectivity index (χ0n) is 13.6. The topological polar surface area (TPSA) is 68.5 Å². The Kier molecular flexibility index (Phi) is 4.85. The molecule has 0 saturated carbocycles. The van der Waals surface area contributed by atoms with Gasteiger partial charge in [-0.15, -0.1) is 11.3 Å². The number of carbonyl (C=O) groups excluding carboxylic acids is 2. The zero-order valence-corrected chi connectivity index (χ0v) is 14.4. The predicted octanol–water partition coefficient (Wildman–Crippen LogP) is 3.90. The van der Waals surface area contributed by atoms with E-state index < -0.39 is 5.97 Å². The number of esters is 1. The molecule has 1 atom stereocenters. The van der Waals surface area contributed by atoms with E-state index in [2.05, 4.69) is 12.2 Å². The van der Waals surface area contributed by atoms with Gasteiger partial charge in [-0.25, -0.2) is 4.79 Å². The summed E-state index contributed by atoms with van der Waals surface area (Å²) in [6, 6.07) is 3.51. The van der Waals surface area contributed by atoms with E-state index in [1.165, 1.54) is 29.4 Å². The minimum Gasteiger partial charge on any atom is -0.465 e. The van der Waals surface area contributed by atoms with Crippen molar-refractivity contribution >= 4 is 34.3 Å². The Morgan fingerprint density at radius 3 is 3.00 bits per heavy atom. The first-order valence-electron chi connectivity index (χ1n) is 7.84. The van der Waals surface area contributed by atoms with Crippen molar-refractivity contribution in [3.8, 4) is 0 Å². The summed E-state index contributed by atoms with van der Waals surface area (Å²) in [4.78, 5) is 25.5. The van der Waals surface area contributed by atoms with E-state index in [1.807, 2.05) is 0 Å². The molecule has 0 fully saturated rings. The molecule has 0 spiro atoms. The minimum absolute atomic E-state index is 0.303. The Labute approximate surface area is 144 Å². The van der Waals surface area contributed by atoms with Gasteiger partial charge in [0.25, 0.3) is 0 Å². The number of hydrogen-bond acceptors (Lipinski definition) is 5. The molecule has 2 heterocycles. The Morgan fingerprint density at radius 2 is 2.29 bits per heavy atom. The first-order valence-corrected chi connectivity index (χ1v) is 8.65. The zero-order chi connectivity index (χ0) is 17.1. The van der Waals surface area contributed by atoms with Crippen molar-refractivity contribution < 1.29 is 18.7 Å². The van der Waals surface area contributed by atoms with Gasteiger partial charge < -0.3 is 14.5 Å². The number of ether oxygens (including phenoxy) is 1. The van der Waals surface area contributed by atoms with Crippen molar-refractivity contribution in [2.75, 3.05) is 12.4 Å². The van der Waals surface area contributed by atoms with Gasteiger partial charge in [0.15, 0.2) is 0 Å². The predicted molar refractivity (Wildman–Crippen MR) is 93.2 cm³/mol. The Balaban J connectivity index is 1.84. The maximum absolute atomic E-state index is 12.2. The summed E-state index contributed by atoms with van der Waals surface area (Å²) < 4.78 is 10.1. The number of thiophene rings is 1. The van der Waals surface area contributed by atoms with Crippen LogP contribution in [0.3, 0.4) is 0 Å². The Bertz CT molecular complexity index is 773. The standard InChI is InChI=1S/C18H19NO4S/c1-11-5-7-13-14(10-11)24-17(16(13)18(21)22-2)19-15(20)8-6-12-4-3-9-23-12/h3-4,6,8-9,11H,5,7,10H2,1-2H3,(H,19,20)/b8-6+/t11-/m0/s1. The van der Waals surface area contributed by atoms with Crippen molar-refractivity contribution in [3.63, 3.8) is 0 Å². The average molecular weight is 345 g/mol. The summed E-state index contributed by atoms with van der Waals surface area (Å²) in [5.41, 5.74) is 1.53. The molecular weight excluding hydrogens is 326 g/mol. The quantitative estimate of drug-likeness (QED) is 0.674.